The maximum atomic E-state index is 13.0. The van der Waals surface area contributed by atoms with Gasteiger partial charge in [-0.25, -0.2) is 0 Å². The van der Waals surface area contributed by atoms with Crippen molar-refractivity contribution in [1.82, 2.24) is 0 Å². The molecule has 0 atom stereocenters. The van der Waals surface area contributed by atoms with Gasteiger partial charge >= 0.3 is 18.1 Å². The van der Waals surface area contributed by atoms with Crippen LogP contribution >= 0.6 is 0 Å². The first kappa shape index (κ1) is 18.2. The van der Waals surface area contributed by atoms with Crippen LogP contribution in [0.1, 0.15) is 51.9 Å². The average Bonchev–Trinajstić information content (AvgIpc) is 2.38. The molecular weight excluding hydrogens is 295 g/mol. The molecule has 7 heteroatoms. The second kappa shape index (κ2) is 7.40. The van der Waals surface area contributed by atoms with Gasteiger partial charge in [-0.1, -0.05) is 13.3 Å². The third-order valence-corrected chi connectivity index (χ3v) is 3.88. The van der Waals surface area contributed by atoms with Crippen molar-refractivity contribution >= 4 is 5.97 Å². The van der Waals surface area contributed by atoms with Crippen molar-refractivity contribution in [2.45, 2.75) is 64.0 Å². The molecule has 21 heavy (non-hydrogen) atoms. The first-order valence-electron chi connectivity index (χ1n) is 7.28. The second-order valence-corrected chi connectivity index (χ2v) is 5.65. The summed E-state index contributed by atoms with van der Waals surface area (Å²) < 4.78 is 67.4. The van der Waals surface area contributed by atoms with E-state index in [1.165, 1.54) is 0 Å². The fraction of sp³-hybridized carbons (Fsp3) is 0.929. The molecule has 0 unspecified atom stereocenters. The van der Waals surface area contributed by atoms with Gasteiger partial charge in [-0.05, 0) is 38.0 Å². The van der Waals surface area contributed by atoms with Crippen molar-refractivity contribution in [1.29, 1.82) is 0 Å². The van der Waals surface area contributed by atoms with E-state index >= 15 is 0 Å². The molecular formula is C14H21F5O2. The lowest BCUT2D eigenvalue weighted by molar-refractivity contribution is -0.288. The maximum absolute atomic E-state index is 13.0. The Morgan fingerprint density at radius 3 is 2.14 bits per heavy atom. The van der Waals surface area contributed by atoms with Gasteiger partial charge in [0.15, 0.2) is 0 Å². The third-order valence-electron chi connectivity index (χ3n) is 3.88. The summed E-state index contributed by atoms with van der Waals surface area (Å²) in [6, 6.07) is 0. The van der Waals surface area contributed by atoms with Crippen LogP contribution in [0.25, 0.3) is 0 Å². The fourth-order valence-corrected chi connectivity index (χ4v) is 2.52. The van der Waals surface area contributed by atoms with Crippen LogP contribution in [-0.4, -0.2) is 24.7 Å². The van der Waals surface area contributed by atoms with E-state index in [9.17, 15) is 26.7 Å². The zero-order chi connectivity index (χ0) is 16.1. The predicted molar refractivity (Wildman–Crippen MR) is 66.9 cm³/mol. The Labute approximate surface area is 121 Å². The molecule has 0 N–H and O–H groups in total. The van der Waals surface area contributed by atoms with Crippen LogP contribution in [0, 0.1) is 11.8 Å². The van der Waals surface area contributed by atoms with Gasteiger partial charge in [0, 0.05) is 6.42 Å². The molecule has 0 amide bonds. The number of esters is 1. The van der Waals surface area contributed by atoms with Crippen LogP contribution in [-0.2, 0) is 9.53 Å². The molecule has 2 nitrogen and oxygen atoms in total. The molecule has 0 spiro atoms. The van der Waals surface area contributed by atoms with Crippen molar-refractivity contribution < 1.29 is 31.5 Å². The van der Waals surface area contributed by atoms with Crippen molar-refractivity contribution in [3.05, 3.63) is 0 Å². The van der Waals surface area contributed by atoms with Gasteiger partial charge in [0.25, 0.3) is 0 Å². The van der Waals surface area contributed by atoms with Gasteiger partial charge < -0.3 is 4.74 Å². The fourth-order valence-electron chi connectivity index (χ4n) is 2.52. The summed E-state index contributed by atoms with van der Waals surface area (Å²) in [7, 11) is 0. The Morgan fingerprint density at radius 1 is 1.10 bits per heavy atom. The molecule has 0 bridgehead atoms. The van der Waals surface area contributed by atoms with Gasteiger partial charge in [-0.15, -0.1) is 0 Å². The number of ether oxygens (including phenoxy) is 1. The first-order valence-corrected chi connectivity index (χ1v) is 7.28. The van der Waals surface area contributed by atoms with Crippen molar-refractivity contribution in [2.24, 2.45) is 11.8 Å². The Morgan fingerprint density at radius 2 is 1.67 bits per heavy atom. The van der Waals surface area contributed by atoms with E-state index in [4.69, 9.17) is 4.74 Å². The quantitative estimate of drug-likeness (QED) is 0.402. The summed E-state index contributed by atoms with van der Waals surface area (Å²) in [4.78, 5) is 11.7. The van der Waals surface area contributed by atoms with E-state index in [2.05, 4.69) is 0 Å². The summed E-state index contributed by atoms with van der Waals surface area (Å²) in [5.74, 6) is -6.06. The molecule has 0 saturated heterocycles. The summed E-state index contributed by atoms with van der Waals surface area (Å²) in [5.41, 5.74) is 0. The number of hydrogen-bond acceptors (Lipinski definition) is 2. The number of carbonyl (C=O) groups excluding carboxylic acids is 1. The van der Waals surface area contributed by atoms with E-state index in [0.717, 1.165) is 12.8 Å². The third kappa shape index (κ3) is 5.43. The molecule has 1 rings (SSSR count). The zero-order valence-corrected chi connectivity index (χ0v) is 12.0. The molecule has 1 fully saturated rings. The lowest BCUT2D eigenvalue weighted by Crippen LogP contribution is -2.39. The monoisotopic (exact) mass is 316 g/mol. The molecule has 0 aromatic rings. The van der Waals surface area contributed by atoms with Crippen LogP contribution < -0.4 is 0 Å². The molecule has 0 radical (unpaired) electrons. The SMILES string of the molecule is CCCCOC(=O)[C@H]1CC[C@@H](CC(F)(F)C(F)(F)F)CC1. The Hall–Kier alpha value is -0.880. The highest BCUT2D eigenvalue weighted by Gasteiger charge is 2.57. The summed E-state index contributed by atoms with van der Waals surface area (Å²) in [6.07, 6.45) is -3.96. The topological polar surface area (TPSA) is 26.3 Å². The first-order chi connectivity index (χ1) is 9.67. The highest BCUT2D eigenvalue weighted by molar-refractivity contribution is 5.72. The minimum atomic E-state index is -5.50. The van der Waals surface area contributed by atoms with Gasteiger partial charge in [-0.2, -0.15) is 22.0 Å². The number of hydrogen-bond donors (Lipinski definition) is 0. The van der Waals surface area contributed by atoms with Crippen LogP contribution in [0.2, 0.25) is 0 Å². The number of rotatable bonds is 6. The molecule has 0 aliphatic heterocycles. The standard InChI is InChI=1S/C14H21F5O2/c1-2-3-8-21-12(20)11-6-4-10(5-7-11)9-13(15,16)14(17,18)19/h10-11H,2-9H2,1H3/t10-,11+. The minimum absolute atomic E-state index is 0.208. The van der Waals surface area contributed by atoms with Crippen molar-refractivity contribution in [3.8, 4) is 0 Å². The second-order valence-electron chi connectivity index (χ2n) is 5.65. The molecule has 0 heterocycles. The van der Waals surface area contributed by atoms with Crippen LogP contribution in [0.5, 0.6) is 0 Å². The molecule has 0 aromatic heterocycles. The van der Waals surface area contributed by atoms with Gasteiger partial charge in [0.05, 0.1) is 12.5 Å². The molecule has 1 saturated carbocycles. The van der Waals surface area contributed by atoms with Crippen LogP contribution in [0.4, 0.5) is 22.0 Å². The summed E-state index contributed by atoms with van der Waals surface area (Å²) in [5, 5.41) is 0. The van der Waals surface area contributed by atoms with Crippen LogP contribution in [0.3, 0.4) is 0 Å². The number of unbranched alkanes of at least 4 members (excludes halogenated alkanes) is 1. The predicted octanol–water partition coefficient (Wildman–Crippen LogP) is 4.72. The smallest absolute Gasteiger partial charge is 0.453 e. The molecule has 0 aromatic carbocycles. The normalized spacial score (nSPS) is 23.9. The average molecular weight is 316 g/mol. The summed E-state index contributed by atoms with van der Waals surface area (Å²) >= 11 is 0. The molecule has 124 valence electrons. The van der Waals surface area contributed by atoms with E-state index in [0.29, 0.717) is 19.4 Å². The van der Waals surface area contributed by atoms with E-state index in [1.54, 1.807) is 0 Å². The zero-order valence-electron chi connectivity index (χ0n) is 12.0. The van der Waals surface area contributed by atoms with E-state index < -0.39 is 24.4 Å². The van der Waals surface area contributed by atoms with Crippen molar-refractivity contribution in [3.63, 3.8) is 0 Å². The Bertz CT molecular complexity index is 333. The highest BCUT2D eigenvalue weighted by Crippen LogP contribution is 2.43. The lowest BCUT2D eigenvalue weighted by Gasteiger charge is -2.30. The molecule has 1 aliphatic carbocycles. The maximum Gasteiger partial charge on any atom is 0.453 e. The lowest BCUT2D eigenvalue weighted by atomic mass is 9.79. The Balaban J connectivity index is 2.37. The van der Waals surface area contributed by atoms with E-state index in [-0.39, 0.29) is 24.7 Å². The van der Waals surface area contributed by atoms with Gasteiger partial charge in [0.2, 0.25) is 0 Å². The number of halogens is 5. The minimum Gasteiger partial charge on any atom is -0.465 e. The number of alkyl halides is 5. The van der Waals surface area contributed by atoms with Gasteiger partial charge in [0.1, 0.15) is 0 Å². The summed E-state index contributed by atoms with van der Waals surface area (Å²) in [6.45, 7) is 2.29. The van der Waals surface area contributed by atoms with Crippen molar-refractivity contribution in [2.75, 3.05) is 6.61 Å². The molecule has 1 aliphatic rings. The largest absolute Gasteiger partial charge is 0.465 e. The number of carbonyl (C=O) groups is 1. The highest BCUT2D eigenvalue weighted by atomic mass is 19.4. The van der Waals surface area contributed by atoms with Gasteiger partial charge in [-0.3, -0.25) is 4.79 Å². The van der Waals surface area contributed by atoms with E-state index in [1.807, 2.05) is 6.92 Å². The van der Waals surface area contributed by atoms with Crippen LogP contribution in [0.15, 0.2) is 0 Å². The Kier molecular flexibility index (Phi) is 6.41.